The molecule has 2 heterocycles. The summed E-state index contributed by atoms with van der Waals surface area (Å²) in [6.45, 7) is 10.2. The van der Waals surface area contributed by atoms with Crippen molar-refractivity contribution in [2.75, 3.05) is 0 Å². The van der Waals surface area contributed by atoms with Gasteiger partial charge >= 0.3 is 0 Å². The van der Waals surface area contributed by atoms with Gasteiger partial charge in [-0.15, -0.1) is 0 Å². The summed E-state index contributed by atoms with van der Waals surface area (Å²) in [5.74, 6) is 0.660. The van der Waals surface area contributed by atoms with Gasteiger partial charge in [0.1, 0.15) is 30.1 Å². The highest BCUT2D eigenvalue weighted by Crippen LogP contribution is 2.41. The van der Waals surface area contributed by atoms with E-state index in [1.807, 2.05) is 45.0 Å². The Morgan fingerprint density at radius 1 is 1.24 bits per heavy atom. The summed E-state index contributed by atoms with van der Waals surface area (Å²) < 4.78 is 7.45. The van der Waals surface area contributed by atoms with Crippen molar-refractivity contribution >= 4 is 5.71 Å². The van der Waals surface area contributed by atoms with E-state index in [0.29, 0.717) is 11.3 Å². The van der Waals surface area contributed by atoms with Crippen molar-refractivity contribution in [2.24, 2.45) is 16.6 Å². The third-order valence-electron chi connectivity index (χ3n) is 4.74. The molecular formula is C22H26N6O. The third-order valence-corrected chi connectivity index (χ3v) is 4.74. The molecule has 3 rings (SSSR count). The van der Waals surface area contributed by atoms with Crippen LogP contribution in [-0.4, -0.2) is 26.5 Å². The SMILES string of the molecule is CC1=C(C(=NC(C)C)C(C)C)C(c2ccc(-n3cncn3)cc2)C(C#N)=C(N)O1. The molecule has 1 aliphatic heterocycles. The lowest BCUT2D eigenvalue weighted by Gasteiger charge is -2.30. The number of aliphatic imine (C=N–C) groups is 1. The first-order valence-electron chi connectivity index (χ1n) is 9.64. The minimum atomic E-state index is -0.335. The van der Waals surface area contributed by atoms with E-state index in [-0.39, 0.29) is 23.8 Å². The Balaban J connectivity index is 2.15. The first-order chi connectivity index (χ1) is 13.8. The molecule has 1 aliphatic rings. The highest BCUT2D eigenvalue weighted by molar-refractivity contribution is 6.04. The van der Waals surface area contributed by atoms with Crippen molar-refractivity contribution in [3.8, 4) is 11.8 Å². The second-order valence-corrected chi connectivity index (χ2v) is 7.59. The van der Waals surface area contributed by atoms with Crippen LogP contribution in [0.4, 0.5) is 0 Å². The minimum absolute atomic E-state index is 0.122. The number of hydrogen-bond acceptors (Lipinski definition) is 6. The second-order valence-electron chi connectivity index (χ2n) is 7.59. The van der Waals surface area contributed by atoms with Crippen molar-refractivity contribution in [1.82, 2.24) is 14.8 Å². The zero-order valence-electron chi connectivity index (χ0n) is 17.4. The van der Waals surface area contributed by atoms with Crippen molar-refractivity contribution in [3.05, 3.63) is 65.3 Å². The minimum Gasteiger partial charge on any atom is -0.445 e. The number of hydrogen-bond donors (Lipinski definition) is 1. The summed E-state index contributed by atoms with van der Waals surface area (Å²) >= 11 is 0. The molecule has 29 heavy (non-hydrogen) atoms. The Morgan fingerprint density at radius 3 is 2.45 bits per heavy atom. The van der Waals surface area contributed by atoms with Gasteiger partial charge < -0.3 is 10.5 Å². The zero-order valence-corrected chi connectivity index (χ0v) is 17.4. The fourth-order valence-electron chi connectivity index (χ4n) is 3.51. The number of rotatable bonds is 5. The molecule has 0 saturated heterocycles. The van der Waals surface area contributed by atoms with Gasteiger partial charge in [0.2, 0.25) is 5.88 Å². The smallest absolute Gasteiger partial charge is 0.205 e. The van der Waals surface area contributed by atoms with E-state index in [0.717, 1.165) is 22.5 Å². The molecule has 0 fully saturated rings. The average Bonchev–Trinajstić information content (AvgIpc) is 3.20. The van der Waals surface area contributed by atoms with Gasteiger partial charge in [-0.25, -0.2) is 9.67 Å². The lowest BCUT2D eigenvalue weighted by molar-refractivity contribution is 0.283. The monoisotopic (exact) mass is 390 g/mol. The summed E-state index contributed by atoms with van der Waals surface area (Å²) in [6.07, 6.45) is 3.13. The highest BCUT2D eigenvalue weighted by atomic mass is 16.5. The Labute approximate surface area is 171 Å². The van der Waals surface area contributed by atoms with Crippen LogP contribution in [-0.2, 0) is 4.74 Å². The summed E-state index contributed by atoms with van der Waals surface area (Å²) in [5, 5.41) is 14.0. The predicted octanol–water partition coefficient (Wildman–Crippen LogP) is 3.85. The van der Waals surface area contributed by atoms with E-state index in [1.165, 1.54) is 6.33 Å². The quantitative estimate of drug-likeness (QED) is 0.781. The number of ether oxygens (including phenoxy) is 1. The molecule has 1 aromatic heterocycles. The van der Waals surface area contributed by atoms with Gasteiger partial charge in [0.05, 0.1) is 11.6 Å². The van der Waals surface area contributed by atoms with E-state index in [2.05, 4.69) is 30.0 Å². The van der Waals surface area contributed by atoms with Crippen LogP contribution in [0.25, 0.3) is 5.69 Å². The first-order valence-corrected chi connectivity index (χ1v) is 9.64. The maximum atomic E-state index is 9.85. The van der Waals surface area contributed by atoms with Gasteiger partial charge in [-0.3, -0.25) is 4.99 Å². The Kier molecular flexibility index (Phi) is 5.83. The second kappa shape index (κ2) is 8.31. The molecule has 0 radical (unpaired) electrons. The van der Waals surface area contributed by atoms with E-state index in [4.69, 9.17) is 15.5 Å². The van der Waals surface area contributed by atoms with Crippen LogP contribution in [0.5, 0.6) is 0 Å². The molecule has 0 saturated carbocycles. The summed E-state index contributed by atoms with van der Waals surface area (Å²) in [5.41, 5.74) is 10.2. The molecule has 0 bridgehead atoms. The van der Waals surface area contributed by atoms with Crippen LogP contribution in [0.2, 0.25) is 0 Å². The Hall–Kier alpha value is -3.40. The zero-order chi connectivity index (χ0) is 21.1. The Morgan fingerprint density at radius 2 is 1.93 bits per heavy atom. The summed E-state index contributed by atoms with van der Waals surface area (Å²) in [4.78, 5) is 8.85. The van der Waals surface area contributed by atoms with Crippen LogP contribution in [0.1, 0.15) is 46.1 Å². The first kappa shape index (κ1) is 20.3. The molecule has 0 spiro atoms. The summed E-state index contributed by atoms with van der Waals surface area (Å²) in [6, 6.07) is 10.2. The van der Waals surface area contributed by atoms with Crippen LogP contribution in [0.3, 0.4) is 0 Å². The molecule has 2 aromatic rings. The number of nitrogens with zero attached hydrogens (tertiary/aromatic N) is 5. The van der Waals surface area contributed by atoms with Gasteiger partial charge in [0.15, 0.2) is 0 Å². The van der Waals surface area contributed by atoms with Crippen molar-refractivity contribution in [2.45, 2.75) is 46.6 Å². The normalized spacial score (nSPS) is 17.7. The highest BCUT2D eigenvalue weighted by Gasteiger charge is 2.35. The predicted molar refractivity (Wildman–Crippen MR) is 112 cm³/mol. The number of nitriles is 1. The maximum Gasteiger partial charge on any atom is 0.205 e. The lowest BCUT2D eigenvalue weighted by atomic mass is 9.78. The molecule has 1 unspecified atom stereocenters. The standard InChI is InChI=1S/C22H26N6O/c1-13(2)21(27-14(3)4)19-15(5)29-22(24)18(10-23)20(19)16-6-8-17(9-7-16)28-12-25-11-26-28/h6-9,11-14,20H,24H2,1-5H3. The molecular weight excluding hydrogens is 364 g/mol. The van der Waals surface area contributed by atoms with Gasteiger partial charge in [0.25, 0.3) is 0 Å². The molecule has 7 nitrogen and oxygen atoms in total. The van der Waals surface area contributed by atoms with Gasteiger partial charge in [-0.05, 0) is 44.4 Å². The van der Waals surface area contributed by atoms with Gasteiger partial charge in [-0.1, -0.05) is 26.0 Å². The molecule has 150 valence electrons. The van der Waals surface area contributed by atoms with Crippen LogP contribution in [0, 0.1) is 17.2 Å². The van der Waals surface area contributed by atoms with E-state index in [9.17, 15) is 5.26 Å². The fraction of sp³-hybridized carbons (Fsp3) is 0.364. The number of benzene rings is 1. The number of allylic oxidation sites excluding steroid dienone is 3. The average molecular weight is 390 g/mol. The molecule has 0 aliphatic carbocycles. The molecule has 0 amide bonds. The topological polar surface area (TPSA) is 102 Å². The lowest BCUT2D eigenvalue weighted by Crippen LogP contribution is -2.27. The third kappa shape index (κ3) is 4.06. The largest absolute Gasteiger partial charge is 0.445 e. The molecule has 2 N–H and O–H groups in total. The van der Waals surface area contributed by atoms with E-state index >= 15 is 0 Å². The number of aromatic nitrogens is 3. The molecule has 1 atom stereocenters. The van der Waals surface area contributed by atoms with E-state index in [1.54, 1.807) is 11.0 Å². The van der Waals surface area contributed by atoms with E-state index < -0.39 is 0 Å². The van der Waals surface area contributed by atoms with Gasteiger partial charge in [-0.2, -0.15) is 10.4 Å². The van der Waals surface area contributed by atoms with Crippen LogP contribution < -0.4 is 5.73 Å². The van der Waals surface area contributed by atoms with Crippen molar-refractivity contribution < 1.29 is 4.74 Å². The number of nitrogens with two attached hydrogens (primary N) is 1. The van der Waals surface area contributed by atoms with Gasteiger partial charge in [0, 0.05) is 17.3 Å². The van der Waals surface area contributed by atoms with Crippen molar-refractivity contribution in [1.29, 1.82) is 5.26 Å². The Bertz CT molecular complexity index is 1000. The van der Waals surface area contributed by atoms with Crippen LogP contribution in [0.15, 0.2) is 64.7 Å². The maximum absolute atomic E-state index is 9.85. The van der Waals surface area contributed by atoms with Crippen LogP contribution >= 0.6 is 0 Å². The fourth-order valence-corrected chi connectivity index (χ4v) is 3.51. The summed E-state index contributed by atoms with van der Waals surface area (Å²) in [7, 11) is 0. The van der Waals surface area contributed by atoms with Crippen molar-refractivity contribution in [3.63, 3.8) is 0 Å². The molecule has 1 aromatic carbocycles. The molecule has 7 heteroatoms.